The maximum Gasteiger partial charge on any atom is 0.311 e. The van der Waals surface area contributed by atoms with Gasteiger partial charge in [0.1, 0.15) is 0 Å². The minimum atomic E-state index is -0.777. The van der Waals surface area contributed by atoms with Gasteiger partial charge in [-0.3, -0.25) is 9.59 Å². The van der Waals surface area contributed by atoms with Crippen molar-refractivity contribution in [3.05, 3.63) is 0 Å². The highest BCUT2D eigenvalue weighted by Gasteiger charge is 2.42. The van der Waals surface area contributed by atoms with Crippen LogP contribution in [0.5, 0.6) is 0 Å². The Morgan fingerprint density at radius 2 is 1.81 bits per heavy atom. The molecule has 0 aliphatic heterocycles. The number of carboxylic acids is 1. The van der Waals surface area contributed by atoms with Crippen molar-refractivity contribution in [2.24, 2.45) is 23.0 Å². The molecular formula is C16H28N2O3. The maximum atomic E-state index is 12.3. The number of aliphatic carboxylic acids is 1. The molecule has 2 aliphatic carbocycles. The summed E-state index contributed by atoms with van der Waals surface area (Å²) in [6.45, 7) is 2.41. The molecule has 2 unspecified atom stereocenters. The number of carbonyl (C=O) groups excluding carboxylic acids is 1. The topological polar surface area (TPSA) is 92.4 Å². The zero-order valence-electron chi connectivity index (χ0n) is 12.9. The van der Waals surface area contributed by atoms with E-state index < -0.39 is 11.4 Å². The second kappa shape index (κ2) is 6.77. The molecule has 0 bridgehead atoms. The lowest BCUT2D eigenvalue weighted by Gasteiger charge is -2.36. The van der Waals surface area contributed by atoms with Gasteiger partial charge in [-0.25, -0.2) is 0 Å². The monoisotopic (exact) mass is 296 g/mol. The summed E-state index contributed by atoms with van der Waals surface area (Å²) in [7, 11) is 0. The van der Waals surface area contributed by atoms with Gasteiger partial charge in [-0.2, -0.15) is 0 Å². The number of rotatable bonds is 4. The Labute approximate surface area is 126 Å². The van der Waals surface area contributed by atoms with Gasteiger partial charge >= 0.3 is 5.97 Å². The van der Waals surface area contributed by atoms with Crippen LogP contribution in [0.1, 0.15) is 58.3 Å². The average molecular weight is 296 g/mol. The van der Waals surface area contributed by atoms with E-state index in [1.807, 2.05) is 0 Å². The van der Waals surface area contributed by atoms with Crippen LogP contribution in [-0.4, -0.2) is 29.6 Å². The van der Waals surface area contributed by atoms with E-state index in [-0.39, 0.29) is 24.4 Å². The third-order valence-corrected chi connectivity index (χ3v) is 5.44. The van der Waals surface area contributed by atoms with Crippen LogP contribution in [0, 0.1) is 17.3 Å². The molecule has 5 heteroatoms. The Balaban J connectivity index is 1.92. The Bertz CT molecular complexity index is 389. The molecule has 0 heterocycles. The van der Waals surface area contributed by atoms with E-state index >= 15 is 0 Å². The fourth-order valence-electron chi connectivity index (χ4n) is 3.65. The van der Waals surface area contributed by atoms with Gasteiger partial charge in [-0.1, -0.05) is 19.8 Å². The first kappa shape index (κ1) is 16.3. The van der Waals surface area contributed by atoms with E-state index in [4.69, 9.17) is 5.73 Å². The van der Waals surface area contributed by atoms with Crippen molar-refractivity contribution < 1.29 is 14.7 Å². The summed E-state index contributed by atoms with van der Waals surface area (Å²) in [6, 6.07) is -0.0779. The number of nitrogens with one attached hydrogen (secondary N) is 1. The Kier molecular flexibility index (Phi) is 5.25. The van der Waals surface area contributed by atoms with Crippen molar-refractivity contribution >= 4 is 11.9 Å². The molecule has 2 rings (SSSR count). The summed E-state index contributed by atoms with van der Waals surface area (Å²) in [5.74, 6) is -0.392. The molecule has 5 nitrogen and oxygen atoms in total. The second-order valence-corrected chi connectivity index (χ2v) is 7.04. The standard InChI is InChI=1S/C16H28N2O3/c1-11-6-8-16(9-7-11,15(20)21)10-18-14(19)12-4-2-3-5-13(12)17/h11-13H,2-10,17H2,1H3,(H,18,19)(H,20,21). The van der Waals surface area contributed by atoms with Crippen molar-refractivity contribution in [1.82, 2.24) is 5.32 Å². The summed E-state index contributed by atoms with van der Waals surface area (Å²) >= 11 is 0. The number of hydrogen-bond donors (Lipinski definition) is 3. The van der Waals surface area contributed by atoms with Crippen molar-refractivity contribution in [1.29, 1.82) is 0 Å². The van der Waals surface area contributed by atoms with E-state index in [1.165, 1.54) is 0 Å². The molecule has 0 aromatic heterocycles. The maximum absolute atomic E-state index is 12.3. The molecule has 0 aromatic rings. The van der Waals surface area contributed by atoms with Crippen LogP contribution in [-0.2, 0) is 9.59 Å². The van der Waals surface area contributed by atoms with Crippen LogP contribution in [0.25, 0.3) is 0 Å². The first-order chi connectivity index (χ1) is 9.94. The number of hydrogen-bond acceptors (Lipinski definition) is 3. The summed E-state index contributed by atoms with van der Waals surface area (Å²) in [5.41, 5.74) is 5.25. The molecule has 120 valence electrons. The third kappa shape index (κ3) is 3.76. The van der Waals surface area contributed by atoms with Gasteiger partial charge in [0.25, 0.3) is 0 Å². The highest BCUT2D eigenvalue weighted by atomic mass is 16.4. The predicted octanol–water partition coefficient (Wildman–Crippen LogP) is 1.90. The number of carbonyl (C=O) groups is 2. The lowest BCUT2D eigenvalue weighted by Crippen LogP contribution is -2.49. The lowest BCUT2D eigenvalue weighted by atomic mass is 9.70. The fraction of sp³-hybridized carbons (Fsp3) is 0.875. The largest absolute Gasteiger partial charge is 0.481 e. The molecule has 4 N–H and O–H groups in total. The van der Waals surface area contributed by atoms with Crippen LogP contribution in [0.15, 0.2) is 0 Å². The molecule has 2 atom stereocenters. The fourth-order valence-corrected chi connectivity index (χ4v) is 3.65. The SMILES string of the molecule is CC1CCC(CNC(=O)C2CCCCC2N)(C(=O)O)CC1. The first-order valence-electron chi connectivity index (χ1n) is 8.21. The smallest absolute Gasteiger partial charge is 0.311 e. The Morgan fingerprint density at radius 1 is 1.19 bits per heavy atom. The third-order valence-electron chi connectivity index (χ3n) is 5.44. The Hall–Kier alpha value is -1.10. The highest BCUT2D eigenvalue weighted by molar-refractivity contribution is 5.81. The minimum Gasteiger partial charge on any atom is -0.481 e. The summed E-state index contributed by atoms with van der Waals surface area (Å²) in [6.07, 6.45) is 6.98. The van der Waals surface area contributed by atoms with E-state index in [9.17, 15) is 14.7 Å². The zero-order chi connectivity index (χ0) is 15.5. The van der Waals surface area contributed by atoms with Crippen LogP contribution in [0.4, 0.5) is 0 Å². The molecule has 1 amide bonds. The normalized spacial score (nSPS) is 37.0. The van der Waals surface area contributed by atoms with Gasteiger partial charge < -0.3 is 16.2 Å². The van der Waals surface area contributed by atoms with Gasteiger partial charge in [-0.05, 0) is 44.4 Å². The van der Waals surface area contributed by atoms with Gasteiger partial charge in [0.2, 0.25) is 5.91 Å². The first-order valence-corrected chi connectivity index (χ1v) is 8.21. The molecule has 0 aromatic carbocycles. The summed E-state index contributed by atoms with van der Waals surface area (Å²) in [4.78, 5) is 24.0. The molecule has 2 aliphatic rings. The van der Waals surface area contributed by atoms with Gasteiger partial charge in [0.05, 0.1) is 11.3 Å². The molecule has 21 heavy (non-hydrogen) atoms. The molecule has 2 saturated carbocycles. The predicted molar refractivity (Wildman–Crippen MR) is 80.6 cm³/mol. The Morgan fingerprint density at radius 3 is 2.38 bits per heavy atom. The molecule has 0 saturated heterocycles. The van der Waals surface area contributed by atoms with Crippen LogP contribution >= 0.6 is 0 Å². The molecule has 0 spiro atoms. The van der Waals surface area contributed by atoms with E-state index in [0.717, 1.165) is 38.5 Å². The lowest BCUT2D eigenvalue weighted by molar-refractivity contribution is -0.151. The number of amides is 1. The number of carboxylic acid groups (broad SMARTS) is 1. The minimum absolute atomic E-state index is 0.0542. The quantitative estimate of drug-likeness (QED) is 0.738. The van der Waals surface area contributed by atoms with E-state index in [2.05, 4.69) is 12.2 Å². The van der Waals surface area contributed by atoms with Crippen molar-refractivity contribution in [2.75, 3.05) is 6.54 Å². The zero-order valence-corrected chi connectivity index (χ0v) is 12.9. The van der Waals surface area contributed by atoms with Gasteiger partial charge in [0, 0.05) is 12.6 Å². The van der Waals surface area contributed by atoms with E-state index in [0.29, 0.717) is 18.8 Å². The summed E-state index contributed by atoms with van der Waals surface area (Å²) in [5, 5.41) is 12.5. The van der Waals surface area contributed by atoms with Crippen molar-refractivity contribution in [3.8, 4) is 0 Å². The van der Waals surface area contributed by atoms with Gasteiger partial charge in [0.15, 0.2) is 0 Å². The van der Waals surface area contributed by atoms with Crippen LogP contribution in [0.2, 0.25) is 0 Å². The molecule has 2 fully saturated rings. The second-order valence-electron chi connectivity index (χ2n) is 7.04. The number of nitrogens with two attached hydrogens (primary N) is 1. The molecular weight excluding hydrogens is 268 g/mol. The van der Waals surface area contributed by atoms with Gasteiger partial charge in [-0.15, -0.1) is 0 Å². The molecule has 0 radical (unpaired) electrons. The van der Waals surface area contributed by atoms with Crippen LogP contribution < -0.4 is 11.1 Å². The summed E-state index contributed by atoms with van der Waals surface area (Å²) < 4.78 is 0. The average Bonchev–Trinajstić information content (AvgIpc) is 2.47. The van der Waals surface area contributed by atoms with E-state index in [1.54, 1.807) is 0 Å². The highest BCUT2D eigenvalue weighted by Crippen LogP contribution is 2.38. The van der Waals surface area contributed by atoms with Crippen LogP contribution in [0.3, 0.4) is 0 Å². The van der Waals surface area contributed by atoms with Crippen molar-refractivity contribution in [3.63, 3.8) is 0 Å². The van der Waals surface area contributed by atoms with Crippen molar-refractivity contribution in [2.45, 2.75) is 64.3 Å².